The maximum atomic E-state index is 13.0. The lowest BCUT2D eigenvalue weighted by Gasteiger charge is -2.31. The number of nitro benzene ring substituents is 1. The van der Waals surface area contributed by atoms with Crippen molar-refractivity contribution in [2.24, 2.45) is 0 Å². The van der Waals surface area contributed by atoms with Crippen LogP contribution in [0.5, 0.6) is 5.75 Å². The number of amides is 1. The van der Waals surface area contributed by atoms with Crippen molar-refractivity contribution in [1.82, 2.24) is 10.2 Å². The number of nitrogens with one attached hydrogen (secondary N) is 1. The van der Waals surface area contributed by atoms with Crippen LogP contribution in [0.15, 0.2) is 42.5 Å². The molecule has 160 valence electrons. The van der Waals surface area contributed by atoms with E-state index in [0.29, 0.717) is 26.4 Å². The van der Waals surface area contributed by atoms with E-state index in [9.17, 15) is 14.9 Å². The molecule has 1 heterocycles. The number of nitro groups is 1. The normalized spacial score (nSPS) is 15.4. The number of hydrogen-bond donors (Lipinski definition) is 1. The van der Waals surface area contributed by atoms with Crippen molar-refractivity contribution in [3.8, 4) is 5.75 Å². The van der Waals surface area contributed by atoms with Gasteiger partial charge in [0.1, 0.15) is 0 Å². The van der Waals surface area contributed by atoms with E-state index < -0.39 is 4.92 Å². The average molecular weight is 413 g/mol. The van der Waals surface area contributed by atoms with Gasteiger partial charge in [0.25, 0.3) is 5.91 Å². The molecule has 1 saturated heterocycles. The zero-order chi connectivity index (χ0) is 21.5. The van der Waals surface area contributed by atoms with Gasteiger partial charge in [0.2, 0.25) is 0 Å². The molecule has 8 heteroatoms. The van der Waals surface area contributed by atoms with E-state index in [2.05, 4.69) is 10.2 Å². The molecule has 1 atom stereocenters. The third-order valence-electron chi connectivity index (χ3n) is 5.05. The summed E-state index contributed by atoms with van der Waals surface area (Å²) in [4.78, 5) is 26.1. The smallest absolute Gasteiger partial charge is 0.311 e. The fourth-order valence-electron chi connectivity index (χ4n) is 3.40. The predicted octanol–water partition coefficient (Wildman–Crippen LogP) is 3.11. The highest BCUT2D eigenvalue weighted by Crippen LogP contribution is 2.28. The van der Waals surface area contributed by atoms with Crippen molar-refractivity contribution >= 4 is 11.6 Å². The standard InChI is InChI=1S/C22H27N3O5/c1-3-30-21-9-8-18(14-20(21)25(27)28)22(26)23-19(15-24-10-12-29-13-11-24)17-6-4-16(2)5-7-17/h4-9,14,19H,3,10-13,15H2,1-2H3,(H,23,26)/t19-/m0/s1. The van der Waals surface area contributed by atoms with Crippen LogP contribution in [-0.2, 0) is 4.74 Å². The third-order valence-corrected chi connectivity index (χ3v) is 5.05. The largest absolute Gasteiger partial charge is 0.487 e. The molecule has 1 aliphatic heterocycles. The number of rotatable bonds is 8. The van der Waals surface area contributed by atoms with Gasteiger partial charge < -0.3 is 14.8 Å². The Morgan fingerprint density at radius 3 is 2.57 bits per heavy atom. The third kappa shape index (κ3) is 5.55. The topological polar surface area (TPSA) is 93.9 Å². The molecule has 0 unspecified atom stereocenters. The fraction of sp³-hybridized carbons (Fsp3) is 0.409. The fourth-order valence-corrected chi connectivity index (χ4v) is 3.40. The second-order valence-electron chi connectivity index (χ2n) is 7.22. The Hall–Kier alpha value is -2.97. The Balaban J connectivity index is 1.82. The van der Waals surface area contributed by atoms with Crippen LogP contribution < -0.4 is 10.1 Å². The first-order valence-corrected chi connectivity index (χ1v) is 10.1. The molecule has 8 nitrogen and oxygen atoms in total. The van der Waals surface area contributed by atoms with Crippen molar-refractivity contribution < 1.29 is 19.2 Å². The van der Waals surface area contributed by atoms with Crippen LogP contribution in [0, 0.1) is 17.0 Å². The molecule has 0 radical (unpaired) electrons. The maximum Gasteiger partial charge on any atom is 0.311 e. The van der Waals surface area contributed by atoms with Crippen molar-refractivity contribution in [2.45, 2.75) is 19.9 Å². The first kappa shape index (κ1) is 21.7. The monoisotopic (exact) mass is 413 g/mol. The number of morpholine rings is 1. The van der Waals surface area contributed by atoms with Gasteiger partial charge >= 0.3 is 5.69 Å². The minimum absolute atomic E-state index is 0.155. The molecule has 2 aromatic carbocycles. The highest BCUT2D eigenvalue weighted by atomic mass is 16.6. The summed E-state index contributed by atoms with van der Waals surface area (Å²) in [6, 6.07) is 12.1. The number of ether oxygens (including phenoxy) is 2. The summed E-state index contributed by atoms with van der Waals surface area (Å²) in [7, 11) is 0. The molecule has 0 aliphatic carbocycles. The van der Waals surface area contributed by atoms with Crippen LogP contribution >= 0.6 is 0 Å². The number of carbonyl (C=O) groups is 1. The van der Waals surface area contributed by atoms with Gasteiger partial charge in [0, 0.05) is 31.3 Å². The molecule has 1 N–H and O–H groups in total. The first-order chi connectivity index (χ1) is 14.5. The SMILES string of the molecule is CCOc1ccc(C(=O)N[C@@H](CN2CCOCC2)c2ccc(C)cc2)cc1[N+](=O)[O-]. The van der Waals surface area contributed by atoms with Crippen LogP contribution in [0.4, 0.5) is 5.69 Å². The number of carbonyl (C=O) groups excluding carboxylic acids is 1. The van der Waals surface area contributed by atoms with Crippen LogP contribution in [0.2, 0.25) is 0 Å². The number of benzene rings is 2. The van der Waals surface area contributed by atoms with Crippen LogP contribution in [0.25, 0.3) is 0 Å². The Kier molecular flexibility index (Phi) is 7.37. The quantitative estimate of drug-likeness (QED) is 0.528. The summed E-state index contributed by atoms with van der Waals surface area (Å²) in [5, 5.41) is 14.4. The summed E-state index contributed by atoms with van der Waals surface area (Å²) in [5.74, 6) is -0.206. The zero-order valence-corrected chi connectivity index (χ0v) is 17.3. The Bertz CT molecular complexity index is 879. The summed E-state index contributed by atoms with van der Waals surface area (Å²) in [5.41, 5.74) is 2.13. The Morgan fingerprint density at radius 1 is 1.23 bits per heavy atom. The molecule has 1 amide bonds. The second-order valence-corrected chi connectivity index (χ2v) is 7.22. The van der Waals surface area contributed by atoms with E-state index in [1.807, 2.05) is 31.2 Å². The molecule has 0 bridgehead atoms. The van der Waals surface area contributed by atoms with E-state index >= 15 is 0 Å². The van der Waals surface area contributed by atoms with Gasteiger partial charge in [-0.05, 0) is 31.5 Å². The van der Waals surface area contributed by atoms with Crippen LogP contribution in [0.1, 0.15) is 34.5 Å². The van der Waals surface area contributed by atoms with Gasteiger partial charge in [-0.1, -0.05) is 29.8 Å². The minimum Gasteiger partial charge on any atom is -0.487 e. The molecule has 30 heavy (non-hydrogen) atoms. The van der Waals surface area contributed by atoms with Gasteiger partial charge in [0.05, 0.1) is 30.8 Å². The second kappa shape index (κ2) is 10.2. The molecule has 2 aromatic rings. The zero-order valence-electron chi connectivity index (χ0n) is 17.3. The predicted molar refractivity (Wildman–Crippen MR) is 113 cm³/mol. The van der Waals surface area contributed by atoms with Gasteiger partial charge in [-0.25, -0.2) is 0 Å². The van der Waals surface area contributed by atoms with Gasteiger partial charge in [-0.2, -0.15) is 0 Å². The molecule has 0 spiro atoms. The number of nitrogens with zero attached hydrogens (tertiary/aromatic N) is 2. The maximum absolute atomic E-state index is 13.0. The lowest BCUT2D eigenvalue weighted by atomic mass is 10.0. The molecule has 1 aliphatic rings. The number of aryl methyl sites for hydroxylation is 1. The minimum atomic E-state index is -0.535. The average Bonchev–Trinajstić information content (AvgIpc) is 2.75. The van der Waals surface area contributed by atoms with Crippen molar-refractivity contribution in [3.63, 3.8) is 0 Å². The van der Waals surface area contributed by atoms with Gasteiger partial charge in [-0.15, -0.1) is 0 Å². The highest BCUT2D eigenvalue weighted by molar-refractivity contribution is 5.95. The Morgan fingerprint density at radius 2 is 1.93 bits per heavy atom. The molecule has 0 aromatic heterocycles. The summed E-state index contributed by atoms with van der Waals surface area (Å²) < 4.78 is 10.7. The van der Waals surface area contributed by atoms with Crippen molar-refractivity contribution in [3.05, 3.63) is 69.3 Å². The van der Waals surface area contributed by atoms with Gasteiger partial charge in [-0.3, -0.25) is 19.8 Å². The van der Waals surface area contributed by atoms with Crippen molar-refractivity contribution in [2.75, 3.05) is 39.5 Å². The lowest BCUT2D eigenvalue weighted by molar-refractivity contribution is -0.385. The van der Waals surface area contributed by atoms with Gasteiger partial charge in [0.15, 0.2) is 5.75 Å². The van der Waals surface area contributed by atoms with Crippen LogP contribution in [-0.4, -0.2) is 55.2 Å². The highest BCUT2D eigenvalue weighted by Gasteiger charge is 2.23. The molecular formula is C22H27N3O5. The summed E-state index contributed by atoms with van der Waals surface area (Å²) in [6.07, 6.45) is 0. The lowest BCUT2D eigenvalue weighted by Crippen LogP contribution is -2.43. The molecular weight excluding hydrogens is 386 g/mol. The van der Waals surface area contributed by atoms with E-state index in [-0.39, 0.29) is 28.9 Å². The first-order valence-electron chi connectivity index (χ1n) is 10.1. The molecule has 0 saturated carbocycles. The van der Waals surface area contributed by atoms with E-state index in [1.54, 1.807) is 13.0 Å². The van der Waals surface area contributed by atoms with E-state index in [4.69, 9.17) is 9.47 Å². The van der Waals surface area contributed by atoms with Crippen molar-refractivity contribution in [1.29, 1.82) is 0 Å². The summed E-state index contributed by atoms with van der Waals surface area (Å²) >= 11 is 0. The van der Waals surface area contributed by atoms with E-state index in [0.717, 1.165) is 24.2 Å². The van der Waals surface area contributed by atoms with Crippen LogP contribution in [0.3, 0.4) is 0 Å². The summed E-state index contributed by atoms with van der Waals surface area (Å²) in [6.45, 7) is 7.64. The Labute approximate surface area is 175 Å². The molecule has 1 fully saturated rings. The number of hydrogen-bond acceptors (Lipinski definition) is 6. The van der Waals surface area contributed by atoms with E-state index in [1.165, 1.54) is 12.1 Å². The molecule has 3 rings (SSSR count).